The number of aliphatic hydroxyl groups is 2. The third-order valence-corrected chi connectivity index (χ3v) is 6.98. The molecule has 5 rings (SSSR count). The normalized spacial score (nSPS) is 18.1. The minimum absolute atomic E-state index is 0.116. The molecule has 2 aromatic carbocycles. The predicted octanol–water partition coefficient (Wildman–Crippen LogP) is 3.49. The van der Waals surface area contributed by atoms with E-state index in [0.29, 0.717) is 5.69 Å². The lowest BCUT2D eigenvalue weighted by atomic mass is 9.63. The molecular formula is C24H23F3N4O3. The van der Waals surface area contributed by atoms with Gasteiger partial charge in [-0.3, -0.25) is 4.79 Å². The lowest BCUT2D eigenvalue weighted by molar-refractivity contribution is -0.138. The summed E-state index contributed by atoms with van der Waals surface area (Å²) in [6.45, 7) is -0.987. The van der Waals surface area contributed by atoms with Gasteiger partial charge >= 0.3 is 6.18 Å². The molecule has 1 saturated carbocycles. The van der Waals surface area contributed by atoms with Crippen molar-refractivity contribution < 1.29 is 28.2 Å². The predicted molar refractivity (Wildman–Crippen MR) is 116 cm³/mol. The van der Waals surface area contributed by atoms with Crippen LogP contribution in [0.15, 0.2) is 42.7 Å². The molecule has 0 radical (unpaired) electrons. The first-order valence-electron chi connectivity index (χ1n) is 11.0. The Morgan fingerprint density at radius 3 is 2.56 bits per heavy atom. The van der Waals surface area contributed by atoms with Crippen molar-refractivity contribution >= 4 is 11.6 Å². The van der Waals surface area contributed by atoms with Crippen LogP contribution in [0.25, 0.3) is 0 Å². The van der Waals surface area contributed by atoms with Gasteiger partial charge in [0, 0.05) is 18.3 Å². The highest BCUT2D eigenvalue weighted by Crippen LogP contribution is 2.49. The van der Waals surface area contributed by atoms with Crippen LogP contribution in [0.4, 0.5) is 18.9 Å². The van der Waals surface area contributed by atoms with Crippen LogP contribution in [0.1, 0.15) is 63.8 Å². The van der Waals surface area contributed by atoms with Gasteiger partial charge in [0.25, 0.3) is 5.91 Å². The number of anilines is 1. The zero-order chi connectivity index (χ0) is 24.3. The molecular weight excluding hydrogens is 449 g/mol. The fraction of sp³-hybridized carbons (Fsp3) is 0.375. The van der Waals surface area contributed by atoms with Gasteiger partial charge in [-0.15, -0.1) is 10.2 Å². The number of fused-ring (bicyclic) bond motifs is 1. The van der Waals surface area contributed by atoms with Crippen molar-refractivity contribution in [3.8, 4) is 0 Å². The molecule has 3 aromatic rings. The average molecular weight is 472 g/mol. The quantitative estimate of drug-likeness (QED) is 0.593. The van der Waals surface area contributed by atoms with Crippen LogP contribution in [0.3, 0.4) is 0 Å². The van der Waals surface area contributed by atoms with Gasteiger partial charge in [-0.25, -0.2) is 0 Å². The number of rotatable bonds is 5. The van der Waals surface area contributed by atoms with Crippen molar-refractivity contribution in [2.24, 2.45) is 7.05 Å². The van der Waals surface area contributed by atoms with Crippen LogP contribution in [0.2, 0.25) is 0 Å². The Morgan fingerprint density at radius 2 is 1.97 bits per heavy atom. The molecule has 1 aromatic heterocycles. The van der Waals surface area contributed by atoms with Crippen molar-refractivity contribution in [2.45, 2.75) is 43.5 Å². The van der Waals surface area contributed by atoms with Gasteiger partial charge in [0.1, 0.15) is 18.3 Å². The number of carbonyl (C=O) groups excluding carboxylic acids is 1. The Hall–Kier alpha value is -3.24. The summed E-state index contributed by atoms with van der Waals surface area (Å²) in [5, 5.41) is 27.5. The van der Waals surface area contributed by atoms with E-state index in [4.69, 9.17) is 0 Å². The summed E-state index contributed by atoms with van der Waals surface area (Å²) in [5.41, 5.74) is -0.305. The fourth-order valence-electron chi connectivity index (χ4n) is 5.05. The molecule has 2 aliphatic rings. The minimum atomic E-state index is -4.71. The largest absolute Gasteiger partial charge is 0.416 e. The van der Waals surface area contributed by atoms with Crippen LogP contribution in [-0.2, 0) is 25.2 Å². The maximum atomic E-state index is 13.8. The smallest absolute Gasteiger partial charge is 0.393 e. The molecule has 0 saturated heterocycles. The van der Waals surface area contributed by atoms with Gasteiger partial charge in [-0.2, -0.15) is 13.2 Å². The van der Waals surface area contributed by atoms with Crippen LogP contribution < -0.4 is 4.90 Å². The monoisotopic (exact) mass is 472 g/mol. The maximum Gasteiger partial charge on any atom is 0.416 e. The number of carbonyl (C=O) groups is 1. The summed E-state index contributed by atoms with van der Waals surface area (Å²) in [6, 6.07) is 9.33. The lowest BCUT2D eigenvalue weighted by Crippen LogP contribution is -2.38. The highest BCUT2D eigenvalue weighted by atomic mass is 19.4. The van der Waals surface area contributed by atoms with Crippen LogP contribution >= 0.6 is 0 Å². The Morgan fingerprint density at radius 1 is 1.21 bits per heavy atom. The Bertz CT molecular complexity index is 1270. The number of aromatic nitrogens is 3. The van der Waals surface area contributed by atoms with E-state index in [1.54, 1.807) is 18.5 Å². The van der Waals surface area contributed by atoms with E-state index in [1.807, 2.05) is 23.7 Å². The van der Waals surface area contributed by atoms with E-state index >= 15 is 0 Å². The second kappa shape index (κ2) is 7.92. The van der Waals surface area contributed by atoms with Gasteiger partial charge in [0.15, 0.2) is 0 Å². The SMILES string of the molecule is Cn1cnnc1C1(c2cccc(N3Cc4c(cc(C(O)CO)cc4C(F)(F)F)C3=O)c2)CCC1. The number of alkyl halides is 3. The molecule has 10 heteroatoms. The van der Waals surface area contributed by atoms with E-state index in [0.717, 1.165) is 36.7 Å². The van der Waals surface area contributed by atoms with E-state index in [2.05, 4.69) is 10.2 Å². The second-order valence-electron chi connectivity index (χ2n) is 8.93. The standard InChI is InChI=1S/C24H23F3N4O3/c1-30-13-28-29-22(30)23(6-3-7-23)15-4-2-5-16(10-15)31-11-18-17(21(31)34)8-14(20(33)12-32)9-19(18)24(25,26)27/h2,4-5,8-10,13,20,32-33H,3,6-7,11-12H2,1H3. The number of amides is 1. The summed E-state index contributed by atoms with van der Waals surface area (Å²) in [6.07, 6.45) is -1.86. The van der Waals surface area contributed by atoms with Crippen molar-refractivity contribution in [1.82, 2.24) is 14.8 Å². The van der Waals surface area contributed by atoms with Gasteiger partial charge in [-0.1, -0.05) is 18.6 Å². The van der Waals surface area contributed by atoms with Gasteiger partial charge in [0.05, 0.1) is 24.1 Å². The van der Waals surface area contributed by atoms with Crippen LogP contribution in [-0.4, -0.2) is 37.5 Å². The topological polar surface area (TPSA) is 91.5 Å². The van der Waals surface area contributed by atoms with E-state index < -0.39 is 30.4 Å². The van der Waals surface area contributed by atoms with E-state index in [-0.39, 0.29) is 28.7 Å². The molecule has 1 atom stereocenters. The van der Waals surface area contributed by atoms with Crippen molar-refractivity contribution in [3.63, 3.8) is 0 Å². The molecule has 1 aliphatic heterocycles. The molecule has 2 N–H and O–H groups in total. The minimum Gasteiger partial charge on any atom is -0.393 e. The fourth-order valence-corrected chi connectivity index (χ4v) is 5.05. The molecule has 1 amide bonds. The summed E-state index contributed by atoms with van der Waals surface area (Å²) in [5.74, 6) is 0.236. The van der Waals surface area contributed by atoms with Crippen molar-refractivity contribution in [2.75, 3.05) is 11.5 Å². The molecule has 2 heterocycles. The number of aliphatic hydroxyl groups excluding tert-OH is 2. The molecule has 1 fully saturated rings. The number of nitrogens with zero attached hydrogens (tertiary/aromatic N) is 4. The lowest BCUT2D eigenvalue weighted by Gasteiger charge is -2.41. The van der Waals surface area contributed by atoms with Crippen LogP contribution in [0, 0.1) is 0 Å². The first-order valence-corrected chi connectivity index (χ1v) is 11.0. The molecule has 1 unspecified atom stereocenters. The van der Waals surface area contributed by atoms with Crippen molar-refractivity contribution in [1.29, 1.82) is 0 Å². The first-order chi connectivity index (χ1) is 16.2. The highest BCUT2D eigenvalue weighted by molar-refractivity contribution is 6.10. The zero-order valence-corrected chi connectivity index (χ0v) is 18.4. The molecule has 34 heavy (non-hydrogen) atoms. The third kappa shape index (κ3) is 3.40. The summed E-state index contributed by atoms with van der Waals surface area (Å²) in [7, 11) is 1.87. The molecule has 7 nitrogen and oxygen atoms in total. The summed E-state index contributed by atoms with van der Waals surface area (Å²) >= 11 is 0. The van der Waals surface area contributed by atoms with Gasteiger partial charge in [0.2, 0.25) is 0 Å². The number of hydrogen-bond donors (Lipinski definition) is 2. The molecule has 178 valence electrons. The highest BCUT2D eigenvalue weighted by Gasteiger charge is 2.45. The first kappa shape index (κ1) is 22.5. The zero-order valence-electron chi connectivity index (χ0n) is 18.4. The van der Waals surface area contributed by atoms with Gasteiger partial charge < -0.3 is 19.7 Å². The Balaban J connectivity index is 1.56. The molecule has 1 aliphatic carbocycles. The number of aryl methyl sites for hydroxylation is 1. The molecule has 0 bridgehead atoms. The van der Waals surface area contributed by atoms with E-state index in [1.165, 1.54) is 11.0 Å². The number of benzene rings is 2. The number of hydrogen-bond acceptors (Lipinski definition) is 5. The van der Waals surface area contributed by atoms with Crippen molar-refractivity contribution in [3.05, 3.63) is 76.4 Å². The third-order valence-electron chi connectivity index (χ3n) is 6.98. The number of halogens is 3. The maximum absolute atomic E-state index is 13.8. The summed E-state index contributed by atoms with van der Waals surface area (Å²) in [4.78, 5) is 14.6. The average Bonchev–Trinajstić information content (AvgIpc) is 3.35. The van der Waals surface area contributed by atoms with Gasteiger partial charge in [-0.05, 0) is 53.8 Å². The summed E-state index contributed by atoms with van der Waals surface area (Å²) < 4.78 is 43.3. The van der Waals surface area contributed by atoms with E-state index in [9.17, 15) is 28.2 Å². The molecule has 0 spiro atoms. The van der Waals surface area contributed by atoms with Crippen LogP contribution in [0.5, 0.6) is 0 Å². The Kier molecular flexibility index (Phi) is 5.25. The second-order valence-corrected chi connectivity index (χ2v) is 8.93. The Labute approximate surface area is 193 Å².